The van der Waals surface area contributed by atoms with Crippen molar-refractivity contribution >= 4 is 11.7 Å². The van der Waals surface area contributed by atoms with Crippen molar-refractivity contribution in [3.05, 3.63) is 59.8 Å². The zero-order valence-corrected chi connectivity index (χ0v) is 11.2. The van der Waals surface area contributed by atoms with Gasteiger partial charge in [-0.3, -0.25) is 4.79 Å². The zero-order chi connectivity index (χ0) is 13.9. The average Bonchev–Trinajstić information content (AvgIpc) is 2.97. The summed E-state index contributed by atoms with van der Waals surface area (Å²) in [6.07, 6.45) is 2.59. The first-order valence-electron chi connectivity index (χ1n) is 6.80. The number of nitrogen functional groups attached to an aromatic ring is 1. The molecule has 1 amide bonds. The van der Waals surface area contributed by atoms with Crippen molar-refractivity contribution in [3.8, 4) is 0 Å². The summed E-state index contributed by atoms with van der Waals surface area (Å²) in [4.78, 5) is 18.2. The highest BCUT2D eigenvalue weighted by molar-refractivity contribution is 5.95. The molecular formula is C16H17N3O. The van der Waals surface area contributed by atoms with Crippen LogP contribution < -0.4 is 5.73 Å². The Hall–Kier alpha value is -2.36. The molecule has 1 saturated heterocycles. The lowest BCUT2D eigenvalue weighted by molar-refractivity contribution is 0.0790. The van der Waals surface area contributed by atoms with Crippen LogP contribution in [0.4, 0.5) is 5.82 Å². The third-order valence-electron chi connectivity index (χ3n) is 3.77. The Morgan fingerprint density at radius 1 is 1.25 bits per heavy atom. The molecule has 1 unspecified atom stereocenters. The second-order valence-corrected chi connectivity index (χ2v) is 5.12. The van der Waals surface area contributed by atoms with Gasteiger partial charge in [0, 0.05) is 30.8 Å². The summed E-state index contributed by atoms with van der Waals surface area (Å²) in [5, 5.41) is 0. The molecule has 1 aliphatic rings. The number of hydrogen-bond acceptors (Lipinski definition) is 3. The topological polar surface area (TPSA) is 59.2 Å². The van der Waals surface area contributed by atoms with E-state index in [9.17, 15) is 4.79 Å². The van der Waals surface area contributed by atoms with Gasteiger partial charge in [0.2, 0.25) is 0 Å². The van der Waals surface area contributed by atoms with Gasteiger partial charge in [-0.1, -0.05) is 30.3 Å². The largest absolute Gasteiger partial charge is 0.384 e. The van der Waals surface area contributed by atoms with Crippen molar-refractivity contribution in [1.82, 2.24) is 9.88 Å². The molecule has 1 aliphatic heterocycles. The molecule has 102 valence electrons. The second kappa shape index (κ2) is 5.33. The Morgan fingerprint density at radius 3 is 2.80 bits per heavy atom. The lowest BCUT2D eigenvalue weighted by Crippen LogP contribution is -2.28. The maximum atomic E-state index is 12.4. The number of carbonyl (C=O) groups is 1. The highest BCUT2D eigenvalue weighted by Crippen LogP contribution is 2.27. The van der Waals surface area contributed by atoms with Crippen LogP contribution in [0.1, 0.15) is 28.3 Å². The Kier molecular flexibility index (Phi) is 3.37. The molecule has 0 spiro atoms. The highest BCUT2D eigenvalue weighted by Gasteiger charge is 2.27. The minimum absolute atomic E-state index is 0.0394. The number of likely N-dealkylation sites (tertiary alicyclic amines) is 1. The van der Waals surface area contributed by atoms with Crippen molar-refractivity contribution in [2.45, 2.75) is 12.3 Å². The van der Waals surface area contributed by atoms with Crippen LogP contribution >= 0.6 is 0 Å². The van der Waals surface area contributed by atoms with E-state index in [0.717, 1.165) is 19.5 Å². The SMILES string of the molecule is Nc1cc(C(=O)N2CCC(c3ccccc3)C2)ccn1. The minimum Gasteiger partial charge on any atom is -0.384 e. The highest BCUT2D eigenvalue weighted by atomic mass is 16.2. The quantitative estimate of drug-likeness (QED) is 0.908. The van der Waals surface area contributed by atoms with Crippen molar-refractivity contribution < 1.29 is 4.79 Å². The number of nitrogens with two attached hydrogens (primary N) is 1. The summed E-state index contributed by atoms with van der Waals surface area (Å²) in [6.45, 7) is 1.56. The summed E-state index contributed by atoms with van der Waals surface area (Å²) in [7, 11) is 0. The van der Waals surface area contributed by atoms with Crippen LogP contribution in [-0.4, -0.2) is 28.9 Å². The fourth-order valence-electron chi connectivity index (χ4n) is 2.71. The van der Waals surface area contributed by atoms with Gasteiger partial charge in [-0.15, -0.1) is 0 Å². The van der Waals surface area contributed by atoms with Crippen LogP contribution in [-0.2, 0) is 0 Å². The fourth-order valence-corrected chi connectivity index (χ4v) is 2.71. The van der Waals surface area contributed by atoms with E-state index in [1.54, 1.807) is 18.3 Å². The van der Waals surface area contributed by atoms with Gasteiger partial charge in [0.15, 0.2) is 0 Å². The average molecular weight is 267 g/mol. The van der Waals surface area contributed by atoms with Crippen LogP contribution in [0.5, 0.6) is 0 Å². The van der Waals surface area contributed by atoms with Gasteiger partial charge < -0.3 is 10.6 Å². The molecule has 0 saturated carbocycles. The molecule has 2 aromatic rings. The summed E-state index contributed by atoms with van der Waals surface area (Å²) in [6, 6.07) is 13.7. The van der Waals surface area contributed by atoms with Gasteiger partial charge in [-0.2, -0.15) is 0 Å². The Balaban J connectivity index is 1.73. The van der Waals surface area contributed by atoms with Crippen molar-refractivity contribution in [2.75, 3.05) is 18.8 Å². The third kappa shape index (κ3) is 2.50. The number of anilines is 1. The van der Waals surface area contributed by atoms with Gasteiger partial charge in [-0.25, -0.2) is 4.98 Å². The van der Waals surface area contributed by atoms with Gasteiger partial charge in [0.25, 0.3) is 5.91 Å². The van der Waals surface area contributed by atoms with Gasteiger partial charge in [-0.05, 0) is 24.1 Å². The van der Waals surface area contributed by atoms with E-state index >= 15 is 0 Å². The molecule has 2 heterocycles. The van der Waals surface area contributed by atoms with Gasteiger partial charge in [0.05, 0.1) is 0 Å². The van der Waals surface area contributed by atoms with E-state index in [0.29, 0.717) is 17.3 Å². The number of nitrogens with zero attached hydrogens (tertiary/aromatic N) is 2. The van der Waals surface area contributed by atoms with Crippen LogP contribution in [0.15, 0.2) is 48.7 Å². The molecule has 2 N–H and O–H groups in total. The standard InChI is InChI=1S/C16H17N3O/c17-15-10-13(6-8-18-15)16(20)19-9-7-14(11-19)12-4-2-1-3-5-12/h1-6,8,10,14H,7,9,11H2,(H2,17,18). The third-order valence-corrected chi connectivity index (χ3v) is 3.77. The zero-order valence-electron chi connectivity index (χ0n) is 11.2. The molecule has 0 aliphatic carbocycles. The maximum Gasteiger partial charge on any atom is 0.254 e. The predicted octanol–water partition coefficient (Wildman–Crippen LogP) is 2.29. The lowest BCUT2D eigenvalue weighted by atomic mass is 9.99. The molecule has 1 aromatic heterocycles. The summed E-state index contributed by atoms with van der Waals surface area (Å²) >= 11 is 0. The van der Waals surface area contributed by atoms with Crippen molar-refractivity contribution in [1.29, 1.82) is 0 Å². The number of amides is 1. The molecule has 1 fully saturated rings. The Bertz CT molecular complexity index is 612. The predicted molar refractivity (Wildman–Crippen MR) is 78.4 cm³/mol. The molecule has 1 atom stereocenters. The summed E-state index contributed by atoms with van der Waals surface area (Å²) in [5.41, 5.74) is 7.55. The number of carbonyl (C=O) groups excluding carboxylic acids is 1. The fraction of sp³-hybridized carbons (Fsp3) is 0.250. The first-order chi connectivity index (χ1) is 9.74. The van der Waals surface area contributed by atoms with Gasteiger partial charge >= 0.3 is 0 Å². The smallest absolute Gasteiger partial charge is 0.254 e. The maximum absolute atomic E-state index is 12.4. The Morgan fingerprint density at radius 2 is 2.05 bits per heavy atom. The summed E-state index contributed by atoms with van der Waals surface area (Å²) < 4.78 is 0. The summed E-state index contributed by atoms with van der Waals surface area (Å²) in [5.74, 6) is 0.853. The molecule has 20 heavy (non-hydrogen) atoms. The Labute approximate surface area is 118 Å². The van der Waals surface area contributed by atoms with E-state index in [4.69, 9.17) is 5.73 Å². The first kappa shape index (κ1) is 12.7. The molecule has 1 aromatic carbocycles. The second-order valence-electron chi connectivity index (χ2n) is 5.12. The number of pyridine rings is 1. The van der Waals surface area contributed by atoms with E-state index in [2.05, 4.69) is 17.1 Å². The molecule has 0 radical (unpaired) electrons. The number of hydrogen-bond donors (Lipinski definition) is 1. The normalized spacial score (nSPS) is 18.2. The molecule has 3 rings (SSSR count). The van der Waals surface area contributed by atoms with E-state index < -0.39 is 0 Å². The van der Waals surface area contributed by atoms with Crippen LogP contribution in [0.2, 0.25) is 0 Å². The number of benzene rings is 1. The molecule has 4 heteroatoms. The van der Waals surface area contributed by atoms with Crippen molar-refractivity contribution in [2.24, 2.45) is 0 Å². The lowest BCUT2D eigenvalue weighted by Gasteiger charge is -2.17. The first-order valence-corrected chi connectivity index (χ1v) is 6.80. The van der Waals surface area contributed by atoms with Crippen molar-refractivity contribution in [3.63, 3.8) is 0 Å². The van der Waals surface area contributed by atoms with Crippen LogP contribution in [0.25, 0.3) is 0 Å². The van der Waals surface area contributed by atoms with E-state index in [1.807, 2.05) is 23.1 Å². The molecule has 4 nitrogen and oxygen atoms in total. The molecular weight excluding hydrogens is 250 g/mol. The van der Waals surface area contributed by atoms with E-state index in [-0.39, 0.29) is 5.91 Å². The number of rotatable bonds is 2. The monoisotopic (exact) mass is 267 g/mol. The van der Waals surface area contributed by atoms with Crippen LogP contribution in [0.3, 0.4) is 0 Å². The molecule has 0 bridgehead atoms. The number of aromatic nitrogens is 1. The van der Waals surface area contributed by atoms with Gasteiger partial charge in [0.1, 0.15) is 5.82 Å². The van der Waals surface area contributed by atoms with Crippen LogP contribution in [0, 0.1) is 0 Å². The minimum atomic E-state index is 0.0394. The van der Waals surface area contributed by atoms with E-state index in [1.165, 1.54) is 5.56 Å².